The molecule has 1 aromatic carbocycles. The average Bonchev–Trinajstić information content (AvgIpc) is 2.48. The van der Waals surface area contributed by atoms with E-state index in [4.69, 9.17) is 0 Å². The van der Waals surface area contributed by atoms with Gasteiger partial charge in [0.15, 0.2) is 0 Å². The van der Waals surface area contributed by atoms with Crippen LogP contribution in [0.4, 0.5) is 18.0 Å². The number of carbonyl (C=O) groups excluding carboxylic acids is 1. The summed E-state index contributed by atoms with van der Waals surface area (Å²) < 4.78 is 38.1. The molecule has 1 aliphatic carbocycles. The second-order valence-corrected chi connectivity index (χ2v) is 5.74. The fourth-order valence-electron chi connectivity index (χ4n) is 2.82. The van der Waals surface area contributed by atoms with Crippen LogP contribution in [0.1, 0.15) is 31.2 Å². The number of hydrogen-bond donors (Lipinski definition) is 2. The number of rotatable bonds is 4. The molecule has 0 bridgehead atoms. The zero-order valence-corrected chi connectivity index (χ0v) is 12.3. The average molecular weight is 314 g/mol. The summed E-state index contributed by atoms with van der Waals surface area (Å²) in [6.45, 7) is 0.464. The van der Waals surface area contributed by atoms with Crippen molar-refractivity contribution in [3.63, 3.8) is 0 Å². The highest BCUT2D eigenvalue weighted by atomic mass is 19.4. The van der Waals surface area contributed by atoms with E-state index in [9.17, 15) is 18.0 Å². The van der Waals surface area contributed by atoms with E-state index in [1.165, 1.54) is 0 Å². The van der Waals surface area contributed by atoms with E-state index < -0.39 is 18.1 Å². The summed E-state index contributed by atoms with van der Waals surface area (Å²) in [4.78, 5) is 11.8. The Morgan fingerprint density at radius 1 is 1.18 bits per heavy atom. The summed E-state index contributed by atoms with van der Waals surface area (Å²) in [7, 11) is 0. The van der Waals surface area contributed by atoms with Gasteiger partial charge in [-0.2, -0.15) is 13.2 Å². The lowest BCUT2D eigenvalue weighted by Crippen LogP contribution is -2.46. The van der Waals surface area contributed by atoms with E-state index >= 15 is 0 Å². The van der Waals surface area contributed by atoms with Crippen molar-refractivity contribution in [2.45, 2.75) is 44.3 Å². The molecular weight excluding hydrogens is 293 g/mol. The molecule has 6 heteroatoms. The van der Waals surface area contributed by atoms with Crippen molar-refractivity contribution in [3.8, 4) is 0 Å². The number of halogens is 3. The first-order valence-electron chi connectivity index (χ1n) is 7.60. The Hall–Kier alpha value is -1.72. The van der Waals surface area contributed by atoms with Gasteiger partial charge >= 0.3 is 12.2 Å². The number of alkyl halides is 3. The van der Waals surface area contributed by atoms with Gasteiger partial charge in [0.25, 0.3) is 0 Å². The fourth-order valence-corrected chi connectivity index (χ4v) is 2.82. The summed E-state index contributed by atoms with van der Waals surface area (Å²) in [6.07, 6.45) is -2.21. The van der Waals surface area contributed by atoms with Crippen LogP contribution in [0.25, 0.3) is 0 Å². The van der Waals surface area contributed by atoms with E-state index in [0.717, 1.165) is 5.56 Å². The lowest BCUT2D eigenvalue weighted by atomic mass is 9.85. The molecule has 0 unspecified atom stereocenters. The predicted molar refractivity (Wildman–Crippen MR) is 78.5 cm³/mol. The van der Waals surface area contributed by atoms with Crippen molar-refractivity contribution in [2.24, 2.45) is 5.92 Å². The van der Waals surface area contributed by atoms with Crippen molar-refractivity contribution in [3.05, 3.63) is 35.9 Å². The number of urea groups is 1. The summed E-state index contributed by atoms with van der Waals surface area (Å²) in [5, 5.41) is 5.36. The molecule has 0 aliphatic heterocycles. The van der Waals surface area contributed by atoms with Crippen LogP contribution in [0.5, 0.6) is 0 Å². The Labute approximate surface area is 128 Å². The Morgan fingerprint density at radius 2 is 1.91 bits per heavy atom. The topological polar surface area (TPSA) is 41.1 Å². The minimum absolute atomic E-state index is 0.0182. The predicted octanol–water partition coefficient (Wildman–Crippen LogP) is 3.65. The first kappa shape index (κ1) is 16.6. The van der Waals surface area contributed by atoms with Crippen LogP contribution in [-0.4, -0.2) is 24.8 Å². The molecule has 0 aromatic heterocycles. The van der Waals surface area contributed by atoms with Gasteiger partial charge in [0, 0.05) is 12.6 Å². The first-order chi connectivity index (χ1) is 10.4. The van der Waals surface area contributed by atoms with Crippen LogP contribution in [0.3, 0.4) is 0 Å². The largest absolute Gasteiger partial charge is 0.391 e. The smallest absolute Gasteiger partial charge is 0.338 e. The zero-order chi connectivity index (χ0) is 16.0. The maximum Gasteiger partial charge on any atom is 0.391 e. The normalized spacial score (nSPS) is 22.1. The SMILES string of the molecule is O=C(NCCc1ccccc1)N[C@@H]1CCC[C@H](C(F)(F)F)C1. The molecule has 2 amide bonds. The van der Waals surface area contributed by atoms with Crippen LogP contribution >= 0.6 is 0 Å². The third-order valence-electron chi connectivity index (χ3n) is 4.01. The molecule has 1 saturated carbocycles. The molecule has 122 valence electrons. The van der Waals surface area contributed by atoms with Crippen LogP contribution in [0.2, 0.25) is 0 Å². The van der Waals surface area contributed by atoms with Gasteiger partial charge in [0.1, 0.15) is 0 Å². The van der Waals surface area contributed by atoms with Gasteiger partial charge in [-0.15, -0.1) is 0 Å². The van der Waals surface area contributed by atoms with E-state index in [-0.39, 0.29) is 18.9 Å². The molecule has 1 aliphatic rings. The van der Waals surface area contributed by atoms with Gasteiger partial charge in [-0.05, 0) is 31.2 Å². The van der Waals surface area contributed by atoms with Crippen molar-refractivity contribution in [1.29, 1.82) is 0 Å². The van der Waals surface area contributed by atoms with Crippen LogP contribution in [-0.2, 0) is 6.42 Å². The van der Waals surface area contributed by atoms with E-state index in [0.29, 0.717) is 25.8 Å². The van der Waals surface area contributed by atoms with Crippen LogP contribution < -0.4 is 10.6 Å². The van der Waals surface area contributed by atoms with Gasteiger partial charge < -0.3 is 10.6 Å². The summed E-state index contributed by atoms with van der Waals surface area (Å²) in [5.41, 5.74) is 1.11. The molecule has 3 nitrogen and oxygen atoms in total. The number of carbonyl (C=O) groups is 1. The molecule has 2 N–H and O–H groups in total. The van der Waals surface area contributed by atoms with Crippen molar-refractivity contribution in [1.82, 2.24) is 10.6 Å². The number of nitrogens with one attached hydrogen (secondary N) is 2. The van der Waals surface area contributed by atoms with Gasteiger partial charge in [-0.25, -0.2) is 4.79 Å². The van der Waals surface area contributed by atoms with Crippen molar-refractivity contribution in [2.75, 3.05) is 6.54 Å². The lowest BCUT2D eigenvalue weighted by Gasteiger charge is -2.31. The Morgan fingerprint density at radius 3 is 2.59 bits per heavy atom. The second-order valence-electron chi connectivity index (χ2n) is 5.74. The highest BCUT2D eigenvalue weighted by molar-refractivity contribution is 5.74. The Balaban J connectivity index is 1.70. The minimum atomic E-state index is -4.16. The van der Waals surface area contributed by atoms with Gasteiger partial charge in [-0.3, -0.25) is 0 Å². The van der Waals surface area contributed by atoms with Gasteiger partial charge in [0.2, 0.25) is 0 Å². The van der Waals surface area contributed by atoms with E-state index in [1.807, 2.05) is 30.3 Å². The summed E-state index contributed by atoms with van der Waals surface area (Å²) in [5.74, 6) is -1.30. The molecule has 0 heterocycles. The zero-order valence-electron chi connectivity index (χ0n) is 12.3. The lowest BCUT2D eigenvalue weighted by molar-refractivity contribution is -0.183. The van der Waals surface area contributed by atoms with Crippen LogP contribution in [0.15, 0.2) is 30.3 Å². The molecule has 0 radical (unpaired) electrons. The van der Waals surface area contributed by atoms with Crippen molar-refractivity contribution >= 4 is 6.03 Å². The monoisotopic (exact) mass is 314 g/mol. The van der Waals surface area contributed by atoms with Crippen LogP contribution in [0, 0.1) is 5.92 Å². The fraction of sp³-hybridized carbons (Fsp3) is 0.562. The minimum Gasteiger partial charge on any atom is -0.338 e. The highest BCUT2D eigenvalue weighted by Crippen LogP contribution is 2.37. The van der Waals surface area contributed by atoms with E-state index in [1.54, 1.807) is 0 Å². The quantitative estimate of drug-likeness (QED) is 0.875. The Bertz CT molecular complexity index is 476. The molecule has 0 saturated heterocycles. The van der Waals surface area contributed by atoms with Gasteiger partial charge in [0.05, 0.1) is 5.92 Å². The standard InChI is InChI=1S/C16H21F3N2O/c17-16(18,19)13-7-4-8-14(11-13)21-15(22)20-10-9-12-5-2-1-3-6-12/h1-3,5-6,13-14H,4,7-11H2,(H2,20,21,22)/t13-,14+/m0/s1. The van der Waals surface area contributed by atoms with E-state index in [2.05, 4.69) is 10.6 Å². The number of amides is 2. The second kappa shape index (κ2) is 7.51. The maximum absolute atomic E-state index is 12.7. The molecule has 22 heavy (non-hydrogen) atoms. The van der Waals surface area contributed by atoms with Crippen molar-refractivity contribution < 1.29 is 18.0 Å². The molecular formula is C16H21F3N2O. The number of benzene rings is 1. The molecule has 1 aromatic rings. The molecule has 2 rings (SSSR count). The summed E-state index contributed by atoms with van der Waals surface area (Å²) >= 11 is 0. The third-order valence-corrected chi connectivity index (χ3v) is 4.01. The Kier molecular flexibility index (Phi) is 5.69. The first-order valence-corrected chi connectivity index (χ1v) is 7.60. The number of hydrogen-bond acceptors (Lipinski definition) is 1. The maximum atomic E-state index is 12.7. The highest BCUT2D eigenvalue weighted by Gasteiger charge is 2.42. The molecule has 0 spiro atoms. The van der Waals surface area contributed by atoms with Gasteiger partial charge in [-0.1, -0.05) is 36.8 Å². The third kappa shape index (κ3) is 5.24. The summed E-state index contributed by atoms with van der Waals surface area (Å²) in [6, 6.07) is 8.93. The molecule has 2 atom stereocenters. The molecule has 1 fully saturated rings.